The molecule has 0 atom stereocenters. The van der Waals surface area contributed by atoms with Gasteiger partial charge in [-0.3, -0.25) is 28.2 Å². The number of rotatable bonds is 0. The summed E-state index contributed by atoms with van der Waals surface area (Å²) in [5.41, 5.74) is 0. The van der Waals surface area contributed by atoms with Crippen molar-refractivity contribution in [3.63, 3.8) is 0 Å². The first kappa shape index (κ1) is 79.0. The summed E-state index contributed by atoms with van der Waals surface area (Å²) in [5.74, 6) is 0. The van der Waals surface area contributed by atoms with Crippen LogP contribution in [-0.2, 0) is 3.02 Å². The Morgan fingerprint density at radius 2 is 0.667 bits per heavy atom. The molecule has 0 radical (unpaired) electrons. The molecular formula is H10F6LiO4Sb. The summed E-state index contributed by atoms with van der Waals surface area (Å²) in [6, 6.07) is 0. The van der Waals surface area contributed by atoms with Gasteiger partial charge < -0.3 is 0 Å². The second kappa shape index (κ2) is 29.9. The molecule has 0 aromatic rings. The number of hydrogen-bond acceptors (Lipinski definition) is 1. The molecule has 0 saturated heterocycles. The second-order valence-electron chi connectivity index (χ2n) is 0.513. The monoisotopic (exact) mass is 316 g/mol. The zero-order valence-electron chi connectivity index (χ0n) is 4.65. The average molecular weight is 317 g/mol. The van der Waals surface area contributed by atoms with Crippen LogP contribution in [0.1, 0.15) is 0 Å². The second-order valence-corrected chi connectivity index (χ2v) is 3.44. The first-order valence-corrected chi connectivity index (χ1v) is 5.25. The summed E-state index contributed by atoms with van der Waals surface area (Å²) in [7, 11) is 0. The molecule has 0 spiro atoms. The summed E-state index contributed by atoms with van der Waals surface area (Å²) in [5, 5.41) is 0. The third kappa shape index (κ3) is 2190. The van der Waals surface area contributed by atoms with Gasteiger partial charge in [0, 0.05) is 0 Å². The molecule has 0 aliphatic carbocycles. The maximum absolute atomic E-state index is 8.97. The van der Waals surface area contributed by atoms with E-state index in [1.54, 1.807) is 0 Å². The summed E-state index contributed by atoms with van der Waals surface area (Å²) < 4.78 is 30.8. The van der Waals surface area contributed by atoms with Crippen LogP contribution in [0.15, 0.2) is 0 Å². The van der Waals surface area contributed by atoms with Gasteiger partial charge in [0.15, 0.2) is 0 Å². The molecular weight excluding hydrogens is 307 g/mol. The van der Waals surface area contributed by atoms with Gasteiger partial charge in [0.25, 0.3) is 0 Å². The molecule has 4 nitrogen and oxygen atoms in total. The minimum atomic E-state index is -5.35. The topological polar surface area (TPSA) is 77.8 Å². The molecule has 0 unspecified atom stereocenters. The number of halogens is 6. The normalized spacial score (nSPS) is 4.92. The molecule has 12 heteroatoms. The van der Waals surface area contributed by atoms with Gasteiger partial charge >= 0.3 is 52.1 Å². The molecule has 12 heavy (non-hydrogen) atoms. The molecule has 0 aliphatic heterocycles. The third-order valence-electron chi connectivity index (χ3n) is 0. The Bertz CT molecular complexity index is 65.7. The Hall–Kier alpha value is 0.676. The van der Waals surface area contributed by atoms with E-state index >= 15 is 0 Å². The van der Waals surface area contributed by atoms with Crippen molar-refractivity contribution in [2.45, 2.75) is 0 Å². The van der Waals surface area contributed by atoms with E-state index in [1.807, 2.05) is 0 Å². The Morgan fingerprint density at radius 1 is 0.667 bits per heavy atom. The Morgan fingerprint density at radius 3 is 0.667 bits per heavy atom. The molecule has 0 aromatic heterocycles. The van der Waals surface area contributed by atoms with E-state index in [9.17, 15) is 0 Å². The van der Waals surface area contributed by atoms with E-state index < -0.39 is 20.1 Å². The van der Waals surface area contributed by atoms with Gasteiger partial charge in [-0.25, -0.2) is 0 Å². The zero-order valence-corrected chi connectivity index (χ0v) is 7.20. The molecule has 0 saturated carbocycles. The van der Waals surface area contributed by atoms with Crippen LogP contribution >= 0.6 is 0 Å². The summed E-state index contributed by atoms with van der Waals surface area (Å²) in [4.78, 5) is 0. The van der Waals surface area contributed by atoms with Crippen molar-refractivity contribution in [1.29, 1.82) is 0 Å². The van der Waals surface area contributed by atoms with Crippen LogP contribution in [0.2, 0.25) is 0 Å². The van der Waals surface area contributed by atoms with E-state index in [4.69, 9.17) is 13.2 Å². The van der Waals surface area contributed by atoms with Crippen LogP contribution in [0.25, 0.3) is 0 Å². The van der Waals surface area contributed by atoms with Gasteiger partial charge in [0.2, 0.25) is 0 Å². The first-order valence-electron chi connectivity index (χ1n) is 0.783. The van der Waals surface area contributed by atoms with E-state index in [0.29, 0.717) is 0 Å². The summed E-state index contributed by atoms with van der Waals surface area (Å²) >= 11 is -5.35. The SMILES string of the molecule is F.F.F.F.F.F.[LiH].[O]=[Sb]([OH])([OH])[OH]. The third-order valence-corrected chi connectivity index (χ3v) is 0. The van der Waals surface area contributed by atoms with Gasteiger partial charge in [0.1, 0.15) is 0 Å². The summed E-state index contributed by atoms with van der Waals surface area (Å²) in [6.07, 6.45) is 0. The van der Waals surface area contributed by atoms with E-state index in [1.165, 1.54) is 0 Å². The fourth-order valence-corrected chi connectivity index (χ4v) is 0. The summed E-state index contributed by atoms with van der Waals surface area (Å²) in [6.45, 7) is 0. The van der Waals surface area contributed by atoms with Gasteiger partial charge in [-0.1, -0.05) is 0 Å². The predicted molar refractivity (Wildman–Crippen MR) is 35.3 cm³/mol. The van der Waals surface area contributed by atoms with Crippen molar-refractivity contribution in [2.24, 2.45) is 0 Å². The molecule has 0 amide bonds. The van der Waals surface area contributed by atoms with Crippen LogP contribution in [-0.4, -0.2) is 49.1 Å². The average Bonchev–Trinajstić information content (AvgIpc) is 0.722. The van der Waals surface area contributed by atoms with E-state index in [-0.39, 0.29) is 47.1 Å². The Labute approximate surface area is 80.4 Å². The molecule has 0 heterocycles. The van der Waals surface area contributed by atoms with E-state index in [2.05, 4.69) is 0 Å². The molecule has 0 rings (SSSR count). The van der Waals surface area contributed by atoms with Gasteiger partial charge in [-0.05, 0) is 0 Å². The van der Waals surface area contributed by atoms with Crippen LogP contribution < -0.4 is 0 Å². The number of hydrogen-bond donors (Lipinski definition) is 3. The van der Waals surface area contributed by atoms with Gasteiger partial charge in [-0.15, -0.1) is 0 Å². The maximum atomic E-state index is 8.97. The molecule has 3 N–H and O–H groups in total. The first-order chi connectivity index (χ1) is 2.00. The van der Waals surface area contributed by atoms with Gasteiger partial charge in [0.05, 0.1) is 0 Å². The van der Waals surface area contributed by atoms with Crippen molar-refractivity contribution in [2.75, 3.05) is 0 Å². The van der Waals surface area contributed by atoms with Crippen molar-refractivity contribution < 1.29 is 41.4 Å². The van der Waals surface area contributed by atoms with Crippen molar-refractivity contribution >= 4 is 38.9 Å². The minimum absolute atomic E-state index is 0. The Kier molecular flexibility index (Phi) is 197. The van der Waals surface area contributed by atoms with Gasteiger partial charge in [-0.2, -0.15) is 0 Å². The fraction of sp³-hybridized carbons (Fsp3) is 0. The molecule has 0 bridgehead atoms. The Balaban J connectivity index is -0.00000000381. The standard InChI is InChI=1S/6FH.Li.3H2O.O.Sb.H/h6*1H;;3*1H2;;;/q;;;;;;;;;;;+3;/p-3. The van der Waals surface area contributed by atoms with Crippen molar-refractivity contribution in [3.8, 4) is 0 Å². The predicted octanol–water partition coefficient (Wildman–Crippen LogP) is -1.90. The molecule has 0 aromatic carbocycles. The molecule has 82 valence electrons. The van der Waals surface area contributed by atoms with Crippen LogP contribution in [0.4, 0.5) is 28.2 Å². The molecule has 0 fully saturated rings. The molecule has 0 aliphatic rings. The van der Waals surface area contributed by atoms with Crippen molar-refractivity contribution in [3.05, 3.63) is 0 Å². The van der Waals surface area contributed by atoms with Crippen LogP contribution in [0.5, 0.6) is 0 Å². The van der Waals surface area contributed by atoms with Crippen LogP contribution in [0, 0.1) is 0 Å². The zero-order chi connectivity index (χ0) is 4.50. The van der Waals surface area contributed by atoms with Crippen LogP contribution in [0.3, 0.4) is 0 Å². The quantitative estimate of drug-likeness (QED) is 0.360. The van der Waals surface area contributed by atoms with Crippen molar-refractivity contribution in [1.82, 2.24) is 0 Å². The van der Waals surface area contributed by atoms with E-state index in [0.717, 1.165) is 0 Å². The fourth-order valence-electron chi connectivity index (χ4n) is 0.